The molecule has 0 aliphatic heterocycles. The van der Waals surface area contributed by atoms with Crippen LogP contribution in [-0.4, -0.2) is 24.1 Å². The van der Waals surface area contributed by atoms with Crippen LogP contribution in [0.1, 0.15) is 27.3 Å². The molecule has 0 unspecified atom stereocenters. The number of nitrogens with zero attached hydrogens (tertiary/aromatic N) is 1. The van der Waals surface area contributed by atoms with Gasteiger partial charge in [0.2, 0.25) is 15.5 Å². The molecule has 31 heavy (non-hydrogen) atoms. The number of nitrogens with one attached hydrogen (secondary N) is 1. The lowest BCUT2D eigenvalue weighted by atomic mass is 10.2. The van der Waals surface area contributed by atoms with Gasteiger partial charge in [0, 0.05) is 18.8 Å². The lowest BCUT2D eigenvalue weighted by molar-refractivity contribution is 0.0678. The molecule has 0 fully saturated rings. The van der Waals surface area contributed by atoms with Crippen LogP contribution in [0.3, 0.4) is 0 Å². The summed E-state index contributed by atoms with van der Waals surface area (Å²) in [4.78, 5) is 24.5. The highest BCUT2D eigenvalue weighted by Gasteiger charge is 2.22. The number of rotatable bonds is 8. The highest BCUT2D eigenvalue weighted by molar-refractivity contribution is 7.89. The fourth-order valence-corrected chi connectivity index (χ4v) is 4.14. The van der Waals surface area contributed by atoms with Crippen molar-refractivity contribution in [1.29, 1.82) is 0 Å². The van der Waals surface area contributed by atoms with E-state index in [0.29, 0.717) is 0 Å². The van der Waals surface area contributed by atoms with Crippen molar-refractivity contribution in [3.8, 4) is 5.75 Å². The molecule has 0 aliphatic rings. The molecular weight excluding hydrogens is 420 g/mol. The van der Waals surface area contributed by atoms with Crippen LogP contribution in [0, 0.1) is 6.92 Å². The first kappa shape index (κ1) is 22.3. The molecule has 0 atom stereocenters. The highest BCUT2D eigenvalue weighted by Crippen LogP contribution is 2.18. The minimum atomic E-state index is -3.84. The standard InChI is InChI=1S/C22H22N2O6S/c1-15-7-6-10-18(11-15)31(28,29)23-13-17-12-19(25)21(20(22(26)27)24(17)2)30-14-16-8-4-3-5-9-16/h3-12,23H,13-14H2,1-2H3,(H,26,27). The second-order valence-corrected chi connectivity index (χ2v) is 8.72. The van der Waals surface area contributed by atoms with Crippen molar-refractivity contribution in [3.63, 3.8) is 0 Å². The van der Waals surface area contributed by atoms with Gasteiger partial charge in [0.25, 0.3) is 0 Å². The first-order valence-electron chi connectivity index (χ1n) is 9.38. The number of carboxylic acids is 1. The minimum absolute atomic E-state index is 0.0235. The molecule has 3 aromatic rings. The summed E-state index contributed by atoms with van der Waals surface area (Å²) >= 11 is 0. The number of aromatic nitrogens is 1. The van der Waals surface area contributed by atoms with E-state index in [9.17, 15) is 23.1 Å². The molecule has 0 spiro atoms. The van der Waals surface area contributed by atoms with Gasteiger partial charge in [0.15, 0.2) is 11.4 Å². The summed E-state index contributed by atoms with van der Waals surface area (Å²) in [5.41, 5.74) is 0.745. The van der Waals surface area contributed by atoms with Crippen molar-refractivity contribution in [1.82, 2.24) is 9.29 Å². The first-order valence-corrected chi connectivity index (χ1v) is 10.9. The largest absolute Gasteiger partial charge is 0.482 e. The highest BCUT2D eigenvalue weighted by atomic mass is 32.2. The van der Waals surface area contributed by atoms with Gasteiger partial charge in [-0.15, -0.1) is 0 Å². The van der Waals surface area contributed by atoms with Crippen LogP contribution in [0.25, 0.3) is 0 Å². The number of pyridine rings is 1. The maximum atomic E-state index is 12.6. The van der Waals surface area contributed by atoms with E-state index in [4.69, 9.17) is 4.74 Å². The molecule has 8 nitrogen and oxygen atoms in total. The summed E-state index contributed by atoms with van der Waals surface area (Å²) in [7, 11) is -2.41. The first-order chi connectivity index (χ1) is 14.7. The van der Waals surface area contributed by atoms with Gasteiger partial charge < -0.3 is 14.4 Å². The number of aryl methyl sites for hydroxylation is 1. The van der Waals surface area contributed by atoms with E-state index in [1.165, 1.54) is 29.8 Å². The smallest absolute Gasteiger partial charge is 0.356 e. The van der Waals surface area contributed by atoms with Crippen molar-refractivity contribution >= 4 is 16.0 Å². The molecule has 0 amide bonds. The monoisotopic (exact) mass is 442 g/mol. The summed E-state index contributed by atoms with van der Waals surface area (Å²) in [5.74, 6) is -1.66. The zero-order valence-corrected chi connectivity index (χ0v) is 17.8. The average Bonchev–Trinajstić information content (AvgIpc) is 2.73. The second kappa shape index (κ2) is 9.15. The zero-order chi connectivity index (χ0) is 22.6. The minimum Gasteiger partial charge on any atom is -0.482 e. The van der Waals surface area contributed by atoms with E-state index in [1.54, 1.807) is 43.3 Å². The zero-order valence-electron chi connectivity index (χ0n) is 17.0. The van der Waals surface area contributed by atoms with Gasteiger partial charge in [0.05, 0.1) is 11.4 Å². The summed E-state index contributed by atoms with van der Waals surface area (Å²) in [6, 6.07) is 16.6. The molecule has 162 valence electrons. The number of hydrogen-bond acceptors (Lipinski definition) is 5. The van der Waals surface area contributed by atoms with E-state index in [1.807, 2.05) is 6.07 Å². The Morgan fingerprint density at radius 3 is 2.45 bits per heavy atom. The number of ether oxygens (including phenoxy) is 1. The van der Waals surface area contributed by atoms with Crippen molar-refractivity contribution in [2.24, 2.45) is 7.05 Å². The molecule has 0 aliphatic carbocycles. The van der Waals surface area contributed by atoms with Crippen LogP contribution in [0.2, 0.25) is 0 Å². The molecule has 2 aromatic carbocycles. The third-order valence-electron chi connectivity index (χ3n) is 4.67. The summed E-state index contributed by atoms with van der Waals surface area (Å²) in [6.45, 7) is 1.53. The molecule has 1 aromatic heterocycles. The number of carboxylic acid groups (broad SMARTS) is 1. The van der Waals surface area contributed by atoms with E-state index in [2.05, 4.69) is 4.72 Å². The Labute approximate surface area is 179 Å². The van der Waals surface area contributed by atoms with Crippen molar-refractivity contribution in [2.45, 2.75) is 25.0 Å². The van der Waals surface area contributed by atoms with Gasteiger partial charge in [-0.05, 0) is 30.2 Å². The lowest BCUT2D eigenvalue weighted by Gasteiger charge is -2.16. The quantitative estimate of drug-likeness (QED) is 0.554. The summed E-state index contributed by atoms with van der Waals surface area (Å²) in [6.07, 6.45) is 0. The molecular formula is C22H22N2O6S. The van der Waals surface area contributed by atoms with Crippen molar-refractivity contribution < 1.29 is 23.1 Å². The van der Waals surface area contributed by atoms with Crippen LogP contribution in [0.5, 0.6) is 5.75 Å². The topological polar surface area (TPSA) is 115 Å². The Hall–Kier alpha value is -3.43. The molecule has 3 rings (SSSR count). The fourth-order valence-electron chi connectivity index (χ4n) is 3.04. The number of carbonyl (C=O) groups is 1. The predicted octanol–water partition coefficient (Wildman–Crippen LogP) is 2.45. The van der Waals surface area contributed by atoms with E-state index < -0.39 is 21.4 Å². The van der Waals surface area contributed by atoms with Crippen LogP contribution in [-0.2, 0) is 30.2 Å². The third kappa shape index (κ3) is 5.19. The van der Waals surface area contributed by atoms with Gasteiger partial charge in [0.1, 0.15) is 6.61 Å². The molecule has 9 heteroatoms. The molecule has 2 N–H and O–H groups in total. The van der Waals surface area contributed by atoms with Gasteiger partial charge in [-0.3, -0.25) is 4.79 Å². The van der Waals surface area contributed by atoms with Crippen LogP contribution in [0.15, 0.2) is 70.4 Å². The van der Waals surface area contributed by atoms with Gasteiger partial charge in [-0.1, -0.05) is 42.5 Å². The van der Waals surface area contributed by atoms with Gasteiger partial charge in [-0.2, -0.15) is 0 Å². The molecule has 1 heterocycles. The Kier molecular flexibility index (Phi) is 6.57. The van der Waals surface area contributed by atoms with E-state index >= 15 is 0 Å². The molecule has 0 bridgehead atoms. The number of hydrogen-bond donors (Lipinski definition) is 2. The number of benzene rings is 2. The second-order valence-electron chi connectivity index (χ2n) is 6.96. The fraction of sp³-hybridized carbons (Fsp3) is 0.182. The number of aromatic carboxylic acids is 1. The lowest BCUT2D eigenvalue weighted by Crippen LogP contribution is -2.28. The van der Waals surface area contributed by atoms with E-state index in [0.717, 1.165) is 11.1 Å². The van der Waals surface area contributed by atoms with E-state index in [-0.39, 0.29) is 35.2 Å². The Balaban J connectivity index is 1.88. The maximum Gasteiger partial charge on any atom is 0.356 e. The molecule has 0 saturated heterocycles. The maximum absolute atomic E-state index is 12.6. The normalized spacial score (nSPS) is 11.3. The predicted molar refractivity (Wildman–Crippen MR) is 115 cm³/mol. The third-order valence-corrected chi connectivity index (χ3v) is 6.07. The van der Waals surface area contributed by atoms with Crippen molar-refractivity contribution in [2.75, 3.05) is 0 Å². The van der Waals surface area contributed by atoms with Gasteiger partial charge >= 0.3 is 5.97 Å². The van der Waals surface area contributed by atoms with Crippen molar-refractivity contribution in [3.05, 3.63) is 93.4 Å². The Morgan fingerprint density at radius 2 is 1.81 bits per heavy atom. The van der Waals surface area contributed by atoms with Crippen LogP contribution >= 0.6 is 0 Å². The Morgan fingerprint density at radius 1 is 1.10 bits per heavy atom. The molecule has 0 saturated carbocycles. The summed E-state index contributed by atoms with van der Waals surface area (Å²) < 4.78 is 34.3. The Bertz CT molecular complexity index is 1270. The SMILES string of the molecule is Cc1cccc(S(=O)(=O)NCc2cc(=O)c(OCc3ccccc3)c(C(=O)O)n2C)c1. The summed E-state index contributed by atoms with van der Waals surface area (Å²) in [5, 5.41) is 9.65. The average molecular weight is 442 g/mol. The van der Waals surface area contributed by atoms with Crippen LogP contribution < -0.4 is 14.9 Å². The number of sulfonamides is 1. The van der Waals surface area contributed by atoms with Crippen LogP contribution in [0.4, 0.5) is 0 Å². The molecule has 0 radical (unpaired) electrons. The van der Waals surface area contributed by atoms with Gasteiger partial charge in [-0.25, -0.2) is 17.9 Å².